The summed E-state index contributed by atoms with van der Waals surface area (Å²) in [5.74, 6) is 0.0459. The molecule has 38 heavy (non-hydrogen) atoms. The molecular formula is C26H25ClN4O6S. The maximum atomic E-state index is 13.7. The summed E-state index contributed by atoms with van der Waals surface area (Å²) >= 11 is 7.17. The Kier molecular flexibility index (Phi) is 7.61. The molecule has 2 amide bonds. The van der Waals surface area contributed by atoms with Crippen molar-refractivity contribution in [2.45, 2.75) is 13.5 Å². The number of ether oxygens (including phenoxy) is 2. The van der Waals surface area contributed by atoms with Crippen molar-refractivity contribution < 1.29 is 19.1 Å². The van der Waals surface area contributed by atoms with Gasteiger partial charge in [-0.2, -0.15) is 0 Å². The van der Waals surface area contributed by atoms with Crippen LogP contribution >= 0.6 is 22.9 Å². The summed E-state index contributed by atoms with van der Waals surface area (Å²) in [5, 5.41) is 3.20. The van der Waals surface area contributed by atoms with E-state index in [0.29, 0.717) is 32.6 Å². The molecule has 0 aliphatic carbocycles. The number of halogens is 1. The molecule has 1 N–H and O–H groups in total. The molecule has 0 saturated carbocycles. The summed E-state index contributed by atoms with van der Waals surface area (Å²) in [4.78, 5) is 55.3. The van der Waals surface area contributed by atoms with E-state index >= 15 is 0 Å². The van der Waals surface area contributed by atoms with Gasteiger partial charge in [0.15, 0.2) is 0 Å². The van der Waals surface area contributed by atoms with E-state index in [1.807, 2.05) is 0 Å². The number of nitrogens with zero attached hydrogens (tertiary/aromatic N) is 3. The van der Waals surface area contributed by atoms with Gasteiger partial charge < -0.3 is 19.7 Å². The van der Waals surface area contributed by atoms with Crippen molar-refractivity contribution in [2.24, 2.45) is 0 Å². The number of aromatic nitrogens is 2. The average Bonchev–Trinajstić information content (AvgIpc) is 3.23. The second-order valence-corrected chi connectivity index (χ2v) is 9.95. The summed E-state index contributed by atoms with van der Waals surface area (Å²) < 4.78 is 12.6. The number of anilines is 1. The smallest absolute Gasteiger partial charge is 0.337 e. The SMILES string of the molecule is COc1cccc(-n2c(=O)c3c(C)c(C(=O)N(C)C)sc3n(CC(=O)Nc3ccc(OC)c(Cl)c3)c2=O)c1. The normalized spacial score (nSPS) is 10.9. The highest BCUT2D eigenvalue weighted by molar-refractivity contribution is 7.20. The van der Waals surface area contributed by atoms with Gasteiger partial charge in [0.25, 0.3) is 11.5 Å². The number of rotatable bonds is 7. The molecular weight excluding hydrogens is 532 g/mol. The highest BCUT2D eigenvalue weighted by Gasteiger charge is 2.25. The number of nitrogens with one attached hydrogen (secondary N) is 1. The van der Waals surface area contributed by atoms with Gasteiger partial charge in [0.2, 0.25) is 5.91 Å². The van der Waals surface area contributed by atoms with Gasteiger partial charge in [-0.25, -0.2) is 9.36 Å². The first kappa shape index (κ1) is 27.0. The fraction of sp³-hybridized carbons (Fsp3) is 0.231. The first-order valence-electron chi connectivity index (χ1n) is 11.4. The highest BCUT2D eigenvalue weighted by Crippen LogP contribution is 2.30. The Morgan fingerprint density at radius 3 is 2.45 bits per heavy atom. The number of carbonyl (C=O) groups is 2. The first-order valence-corrected chi connectivity index (χ1v) is 12.5. The Morgan fingerprint density at radius 2 is 1.82 bits per heavy atom. The average molecular weight is 557 g/mol. The van der Waals surface area contributed by atoms with Crippen LogP contribution in [0.5, 0.6) is 11.5 Å². The summed E-state index contributed by atoms with van der Waals surface area (Å²) in [6.45, 7) is 1.24. The van der Waals surface area contributed by atoms with E-state index in [2.05, 4.69) is 5.32 Å². The van der Waals surface area contributed by atoms with Crippen LogP contribution < -0.4 is 26.0 Å². The van der Waals surface area contributed by atoms with E-state index < -0.39 is 23.7 Å². The van der Waals surface area contributed by atoms with E-state index in [1.54, 1.807) is 57.4 Å². The van der Waals surface area contributed by atoms with E-state index in [1.165, 1.54) is 29.8 Å². The topological polar surface area (TPSA) is 112 Å². The number of methoxy groups -OCH3 is 2. The van der Waals surface area contributed by atoms with Crippen molar-refractivity contribution in [3.8, 4) is 17.2 Å². The van der Waals surface area contributed by atoms with E-state index in [9.17, 15) is 19.2 Å². The summed E-state index contributed by atoms with van der Waals surface area (Å²) in [5.41, 5.74) is -0.228. The quantitative estimate of drug-likeness (QED) is 0.373. The number of aryl methyl sites for hydroxylation is 1. The molecule has 0 spiro atoms. The molecule has 4 aromatic rings. The van der Waals surface area contributed by atoms with Gasteiger partial charge in [0.05, 0.1) is 35.2 Å². The molecule has 0 aliphatic rings. The summed E-state index contributed by atoms with van der Waals surface area (Å²) in [6, 6.07) is 11.2. The van der Waals surface area contributed by atoms with Gasteiger partial charge in [0.1, 0.15) is 22.9 Å². The predicted octanol–water partition coefficient (Wildman–Crippen LogP) is 3.53. The van der Waals surface area contributed by atoms with Gasteiger partial charge >= 0.3 is 5.69 Å². The van der Waals surface area contributed by atoms with Crippen LogP contribution in [-0.2, 0) is 11.3 Å². The molecule has 0 unspecified atom stereocenters. The molecule has 198 valence electrons. The lowest BCUT2D eigenvalue weighted by Crippen LogP contribution is -2.40. The van der Waals surface area contributed by atoms with Gasteiger partial charge in [-0.1, -0.05) is 17.7 Å². The number of thiophene rings is 1. The molecule has 10 nitrogen and oxygen atoms in total. The van der Waals surface area contributed by atoms with Gasteiger partial charge in [-0.3, -0.25) is 19.0 Å². The molecule has 2 aromatic heterocycles. The van der Waals surface area contributed by atoms with Crippen LogP contribution in [0.1, 0.15) is 15.2 Å². The lowest BCUT2D eigenvalue weighted by atomic mass is 10.2. The van der Waals surface area contributed by atoms with Crippen molar-refractivity contribution in [1.29, 1.82) is 0 Å². The monoisotopic (exact) mass is 556 g/mol. The number of amides is 2. The second kappa shape index (κ2) is 10.7. The third-order valence-corrected chi connectivity index (χ3v) is 7.46. The van der Waals surface area contributed by atoms with Crippen LogP contribution in [0, 0.1) is 6.92 Å². The lowest BCUT2D eigenvalue weighted by molar-refractivity contribution is -0.116. The van der Waals surface area contributed by atoms with Crippen LogP contribution in [0.3, 0.4) is 0 Å². The maximum Gasteiger partial charge on any atom is 0.337 e. The Labute approximate surface area is 226 Å². The van der Waals surface area contributed by atoms with Crippen molar-refractivity contribution in [3.05, 3.63) is 78.8 Å². The summed E-state index contributed by atoms with van der Waals surface area (Å²) in [6.07, 6.45) is 0. The van der Waals surface area contributed by atoms with Crippen molar-refractivity contribution in [1.82, 2.24) is 14.0 Å². The molecule has 4 rings (SSSR count). The van der Waals surface area contributed by atoms with Crippen LogP contribution in [0.4, 0.5) is 5.69 Å². The fourth-order valence-electron chi connectivity index (χ4n) is 3.96. The minimum absolute atomic E-state index is 0.183. The standard InChI is InChI=1S/C26H25ClN4O6S/c1-14-21-23(33)31(16-7-6-8-17(12-16)36-4)26(35)30(25(21)38-22(14)24(34)29(2)3)13-20(32)28-15-9-10-19(37-5)18(27)11-15/h6-12H,13H2,1-5H3,(H,28,32). The lowest BCUT2D eigenvalue weighted by Gasteiger charge is -2.13. The molecule has 2 aromatic carbocycles. The van der Waals surface area contributed by atoms with E-state index in [4.69, 9.17) is 21.1 Å². The molecule has 0 radical (unpaired) electrons. The van der Waals surface area contributed by atoms with E-state index in [0.717, 1.165) is 15.9 Å². The van der Waals surface area contributed by atoms with Crippen LogP contribution in [-0.4, -0.2) is 54.2 Å². The molecule has 0 bridgehead atoms. The Bertz CT molecular complexity index is 1690. The minimum Gasteiger partial charge on any atom is -0.497 e. The zero-order valence-electron chi connectivity index (χ0n) is 21.3. The Balaban J connectivity index is 1.90. The number of hydrogen-bond acceptors (Lipinski definition) is 7. The highest BCUT2D eigenvalue weighted by atomic mass is 35.5. The number of carbonyl (C=O) groups excluding carboxylic acids is 2. The third kappa shape index (κ3) is 4.90. The summed E-state index contributed by atoms with van der Waals surface area (Å²) in [7, 11) is 6.15. The molecule has 12 heteroatoms. The van der Waals surface area contributed by atoms with Gasteiger partial charge in [-0.05, 0) is 42.8 Å². The van der Waals surface area contributed by atoms with Crippen molar-refractivity contribution in [2.75, 3.05) is 33.6 Å². The molecule has 2 heterocycles. The second-order valence-electron chi connectivity index (χ2n) is 8.54. The minimum atomic E-state index is -0.733. The number of hydrogen-bond donors (Lipinski definition) is 1. The van der Waals surface area contributed by atoms with Gasteiger partial charge in [-0.15, -0.1) is 11.3 Å². The largest absolute Gasteiger partial charge is 0.497 e. The van der Waals surface area contributed by atoms with Crippen molar-refractivity contribution >= 4 is 50.7 Å². The molecule has 0 aliphatic heterocycles. The van der Waals surface area contributed by atoms with Gasteiger partial charge in [0, 0.05) is 25.8 Å². The number of benzene rings is 2. The molecule has 0 saturated heterocycles. The zero-order chi connectivity index (χ0) is 27.7. The zero-order valence-corrected chi connectivity index (χ0v) is 22.9. The van der Waals surface area contributed by atoms with Crippen LogP contribution in [0.25, 0.3) is 15.9 Å². The number of fused-ring (bicyclic) bond motifs is 1. The fourth-order valence-corrected chi connectivity index (χ4v) is 5.53. The van der Waals surface area contributed by atoms with Crippen LogP contribution in [0.2, 0.25) is 5.02 Å². The third-order valence-electron chi connectivity index (χ3n) is 5.86. The van der Waals surface area contributed by atoms with Crippen molar-refractivity contribution in [3.63, 3.8) is 0 Å². The molecule has 0 fully saturated rings. The Hall–Kier alpha value is -4.09. The predicted molar refractivity (Wildman–Crippen MR) is 148 cm³/mol. The van der Waals surface area contributed by atoms with Crippen LogP contribution in [0.15, 0.2) is 52.1 Å². The Morgan fingerprint density at radius 1 is 1.08 bits per heavy atom. The maximum absolute atomic E-state index is 13.7. The first-order chi connectivity index (χ1) is 18.1. The van der Waals surface area contributed by atoms with E-state index in [-0.39, 0.29) is 21.8 Å². The molecule has 0 atom stereocenters.